The standard InChI is InChI=1S/C19H26N2O3/c1-14-7-5-6-8-16(14)17-9-20-18(23-17)11-21-10-15(12-22-4)24-19(2,3)13-21/h5-9,15H,10-13H2,1-4H3/t15-/m1/s1. The van der Waals surface area contributed by atoms with Crippen LogP contribution in [0.15, 0.2) is 34.9 Å². The molecule has 0 N–H and O–H groups in total. The van der Waals surface area contributed by atoms with Crippen molar-refractivity contribution in [2.24, 2.45) is 0 Å². The van der Waals surface area contributed by atoms with Crippen LogP contribution in [0.3, 0.4) is 0 Å². The lowest BCUT2D eigenvalue weighted by Crippen LogP contribution is -2.53. The predicted molar refractivity (Wildman–Crippen MR) is 92.8 cm³/mol. The van der Waals surface area contributed by atoms with E-state index in [4.69, 9.17) is 13.9 Å². The van der Waals surface area contributed by atoms with Crippen molar-refractivity contribution in [3.05, 3.63) is 41.9 Å². The first-order valence-electron chi connectivity index (χ1n) is 8.37. The Bertz CT molecular complexity index is 681. The molecule has 0 radical (unpaired) electrons. The number of aryl methyl sites for hydroxylation is 1. The van der Waals surface area contributed by atoms with E-state index in [1.165, 1.54) is 5.56 Å². The van der Waals surface area contributed by atoms with Crippen molar-refractivity contribution >= 4 is 0 Å². The molecule has 1 saturated heterocycles. The van der Waals surface area contributed by atoms with Gasteiger partial charge < -0.3 is 13.9 Å². The fourth-order valence-corrected chi connectivity index (χ4v) is 3.36. The van der Waals surface area contributed by atoms with E-state index in [2.05, 4.69) is 42.8 Å². The van der Waals surface area contributed by atoms with Crippen LogP contribution in [-0.4, -0.2) is 48.4 Å². The maximum absolute atomic E-state index is 6.05. The van der Waals surface area contributed by atoms with Gasteiger partial charge in [0.15, 0.2) is 5.76 Å². The highest BCUT2D eigenvalue weighted by Gasteiger charge is 2.33. The number of ether oxygens (including phenoxy) is 2. The van der Waals surface area contributed by atoms with Crippen LogP contribution in [0.5, 0.6) is 0 Å². The quantitative estimate of drug-likeness (QED) is 0.842. The number of hydrogen-bond acceptors (Lipinski definition) is 5. The summed E-state index contributed by atoms with van der Waals surface area (Å²) in [5.74, 6) is 1.56. The Hall–Kier alpha value is -1.69. The van der Waals surface area contributed by atoms with Crippen LogP contribution in [0, 0.1) is 6.92 Å². The normalized spacial score (nSPS) is 21.1. The van der Waals surface area contributed by atoms with Gasteiger partial charge in [0.05, 0.1) is 31.1 Å². The Balaban J connectivity index is 1.71. The number of methoxy groups -OCH3 is 1. The molecule has 1 aliphatic heterocycles. The third-order valence-corrected chi connectivity index (χ3v) is 4.23. The van der Waals surface area contributed by atoms with Gasteiger partial charge in [0, 0.05) is 25.8 Å². The molecule has 1 aliphatic rings. The van der Waals surface area contributed by atoms with Crippen molar-refractivity contribution in [3.8, 4) is 11.3 Å². The van der Waals surface area contributed by atoms with E-state index in [-0.39, 0.29) is 11.7 Å². The van der Waals surface area contributed by atoms with E-state index in [1.807, 2.05) is 18.3 Å². The van der Waals surface area contributed by atoms with E-state index in [9.17, 15) is 0 Å². The third-order valence-electron chi connectivity index (χ3n) is 4.23. The zero-order chi connectivity index (χ0) is 17.2. The Morgan fingerprint density at radius 1 is 1.33 bits per heavy atom. The maximum Gasteiger partial charge on any atom is 0.209 e. The topological polar surface area (TPSA) is 47.7 Å². The predicted octanol–water partition coefficient (Wildman–Crippen LogP) is 3.28. The lowest BCUT2D eigenvalue weighted by molar-refractivity contribution is -0.155. The fourth-order valence-electron chi connectivity index (χ4n) is 3.36. The van der Waals surface area contributed by atoms with E-state index < -0.39 is 0 Å². The van der Waals surface area contributed by atoms with E-state index in [0.717, 1.165) is 30.3 Å². The molecule has 1 fully saturated rings. The van der Waals surface area contributed by atoms with Crippen LogP contribution in [0.4, 0.5) is 0 Å². The Kier molecular flexibility index (Phi) is 5.04. The van der Waals surface area contributed by atoms with Crippen molar-refractivity contribution < 1.29 is 13.9 Å². The zero-order valence-corrected chi connectivity index (χ0v) is 14.9. The monoisotopic (exact) mass is 330 g/mol. The number of rotatable bonds is 5. The molecule has 130 valence electrons. The maximum atomic E-state index is 6.05. The molecule has 5 heteroatoms. The van der Waals surface area contributed by atoms with E-state index in [0.29, 0.717) is 13.2 Å². The van der Waals surface area contributed by atoms with Crippen molar-refractivity contribution in [3.63, 3.8) is 0 Å². The highest BCUT2D eigenvalue weighted by Crippen LogP contribution is 2.26. The molecule has 2 aromatic rings. The zero-order valence-electron chi connectivity index (χ0n) is 14.9. The highest BCUT2D eigenvalue weighted by atomic mass is 16.5. The molecule has 1 atom stereocenters. The fraction of sp³-hybridized carbons (Fsp3) is 0.526. The van der Waals surface area contributed by atoms with Crippen LogP contribution < -0.4 is 0 Å². The summed E-state index contributed by atoms with van der Waals surface area (Å²) in [4.78, 5) is 6.79. The Morgan fingerprint density at radius 2 is 2.12 bits per heavy atom. The number of aromatic nitrogens is 1. The lowest BCUT2D eigenvalue weighted by atomic mass is 10.1. The minimum Gasteiger partial charge on any atom is -0.439 e. The molecule has 24 heavy (non-hydrogen) atoms. The third kappa shape index (κ3) is 4.04. The van der Waals surface area contributed by atoms with E-state index >= 15 is 0 Å². The van der Waals surface area contributed by atoms with Gasteiger partial charge in [-0.2, -0.15) is 0 Å². The van der Waals surface area contributed by atoms with Crippen molar-refractivity contribution in [1.82, 2.24) is 9.88 Å². The Morgan fingerprint density at radius 3 is 2.88 bits per heavy atom. The van der Waals surface area contributed by atoms with Crippen molar-refractivity contribution in [2.45, 2.75) is 39.0 Å². The molecule has 0 spiro atoms. The average Bonchev–Trinajstić information content (AvgIpc) is 2.94. The Labute approximate surface area is 143 Å². The highest BCUT2D eigenvalue weighted by molar-refractivity contribution is 5.60. The first-order chi connectivity index (χ1) is 11.5. The summed E-state index contributed by atoms with van der Waals surface area (Å²) in [5, 5.41) is 0. The van der Waals surface area contributed by atoms with Crippen molar-refractivity contribution in [1.29, 1.82) is 0 Å². The summed E-state index contributed by atoms with van der Waals surface area (Å²) in [6, 6.07) is 8.19. The molecule has 0 unspecified atom stereocenters. The van der Waals surface area contributed by atoms with Gasteiger partial charge in [-0.1, -0.05) is 24.3 Å². The molecule has 0 bridgehead atoms. The minimum atomic E-state index is -0.202. The van der Waals surface area contributed by atoms with Gasteiger partial charge in [-0.05, 0) is 26.3 Å². The molecule has 1 aromatic heterocycles. The molecular formula is C19H26N2O3. The lowest BCUT2D eigenvalue weighted by Gasteiger charge is -2.42. The number of nitrogens with zero attached hydrogens (tertiary/aromatic N) is 2. The molecule has 1 aromatic carbocycles. The van der Waals surface area contributed by atoms with Crippen LogP contribution >= 0.6 is 0 Å². The van der Waals surface area contributed by atoms with Crippen LogP contribution in [0.2, 0.25) is 0 Å². The second-order valence-corrected chi connectivity index (χ2v) is 7.06. The van der Waals surface area contributed by atoms with Crippen LogP contribution in [-0.2, 0) is 16.0 Å². The van der Waals surface area contributed by atoms with Gasteiger partial charge in [0.25, 0.3) is 0 Å². The van der Waals surface area contributed by atoms with Crippen LogP contribution in [0.25, 0.3) is 11.3 Å². The number of benzene rings is 1. The second kappa shape index (κ2) is 7.05. The van der Waals surface area contributed by atoms with Crippen molar-refractivity contribution in [2.75, 3.05) is 26.8 Å². The first kappa shape index (κ1) is 17.1. The molecule has 0 amide bonds. The van der Waals surface area contributed by atoms with Gasteiger partial charge in [-0.25, -0.2) is 4.98 Å². The molecule has 5 nitrogen and oxygen atoms in total. The molecule has 2 heterocycles. The minimum absolute atomic E-state index is 0.0737. The second-order valence-electron chi connectivity index (χ2n) is 7.06. The van der Waals surface area contributed by atoms with Gasteiger partial charge in [0.2, 0.25) is 5.89 Å². The summed E-state index contributed by atoms with van der Waals surface area (Å²) in [5.41, 5.74) is 2.08. The molecular weight excluding hydrogens is 304 g/mol. The number of morpholine rings is 1. The van der Waals surface area contributed by atoms with Gasteiger partial charge in [-0.15, -0.1) is 0 Å². The number of oxazole rings is 1. The largest absolute Gasteiger partial charge is 0.439 e. The first-order valence-corrected chi connectivity index (χ1v) is 8.37. The SMILES string of the molecule is COC[C@H]1CN(Cc2ncc(-c3ccccc3C)o2)CC(C)(C)O1. The molecule has 3 rings (SSSR count). The molecule has 0 saturated carbocycles. The van der Waals surface area contributed by atoms with Gasteiger partial charge >= 0.3 is 0 Å². The summed E-state index contributed by atoms with van der Waals surface area (Å²) in [6.07, 6.45) is 1.89. The summed E-state index contributed by atoms with van der Waals surface area (Å²) < 4.78 is 17.3. The summed E-state index contributed by atoms with van der Waals surface area (Å²) in [7, 11) is 1.71. The summed E-state index contributed by atoms with van der Waals surface area (Å²) in [6.45, 7) is 9.23. The molecule has 0 aliphatic carbocycles. The van der Waals surface area contributed by atoms with Gasteiger partial charge in [0.1, 0.15) is 0 Å². The number of hydrogen-bond donors (Lipinski definition) is 0. The smallest absolute Gasteiger partial charge is 0.209 e. The average molecular weight is 330 g/mol. The summed E-state index contributed by atoms with van der Waals surface area (Å²) >= 11 is 0. The van der Waals surface area contributed by atoms with E-state index in [1.54, 1.807) is 7.11 Å². The van der Waals surface area contributed by atoms with Gasteiger partial charge in [-0.3, -0.25) is 4.90 Å². The van der Waals surface area contributed by atoms with Crippen LogP contribution in [0.1, 0.15) is 25.3 Å².